The van der Waals surface area contributed by atoms with Gasteiger partial charge in [0.15, 0.2) is 0 Å². The molecule has 0 spiro atoms. The molecule has 0 aliphatic heterocycles. The van der Waals surface area contributed by atoms with Crippen LogP contribution in [0.5, 0.6) is 0 Å². The second-order valence-corrected chi connectivity index (χ2v) is 3.89. The summed E-state index contributed by atoms with van der Waals surface area (Å²) in [6.07, 6.45) is 2.03. The Bertz CT molecular complexity index is 483. The van der Waals surface area contributed by atoms with E-state index < -0.39 is 0 Å². The van der Waals surface area contributed by atoms with Crippen molar-refractivity contribution >= 4 is 26.6 Å². The number of allylic oxidation sites excluding steroid dienone is 1. The van der Waals surface area contributed by atoms with Gasteiger partial charge < -0.3 is 0 Å². The van der Waals surface area contributed by atoms with Gasteiger partial charge in [0.2, 0.25) is 0 Å². The van der Waals surface area contributed by atoms with Gasteiger partial charge >= 0.3 is 26.6 Å². The SMILES string of the molecule is C=CC1c2ccccc2-c2ccccc21.[PoH2]. The second-order valence-electron chi connectivity index (χ2n) is 3.89. The summed E-state index contributed by atoms with van der Waals surface area (Å²) in [4.78, 5) is 0. The van der Waals surface area contributed by atoms with Crippen molar-refractivity contribution in [3.05, 3.63) is 72.3 Å². The van der Waals surface area contributed by atoms with Crippen LogP contribution in [0.4, 0.5) is 0 Å². The normalized spacial score (nSPS) is 12.5. The second kappa shape index (κ2) is 4.52. The van der Waals surface area contributed by atoms with Crippen molar-refractivity contribution in [2.24, 2.45) is 0 Å². The molecule has 0 amide bonds. The zero-order chi connectivity index (χ0) is 10.3. The molecular weight excluding hydrogens is 389 g/mol. The molecule has 0 bridgehead atoms. The summed E-state index contributed by atoms with van der Waals surface area (Å²) in [6.45, 7) is 3.94. The van der Waals surface area contributed by atoms with Crippen molar-refractivity contribution in [1.82, 2.24) is 0 Å². The average molecular weight is 403 g/mol. The molecule has 0 heterocycles. The van der Waals surface area contributed by atoms with Gasteiger partial charge in [0.25, 0.3) is 0 Å². The van der Waals surface area contributed by atoms with Crippen LogP contribution in [-0.2, 0) is 0 Å². The van der Waals surface area contributed by atoms with Gasteiger partial charge in [-0.1, -0.05) is 54.6 Å². The fraction of sp³-hybridized carbons (Fsp3) is 0.0667. The Kier molecular flexibility index (Phi) is 3.27. The van der Waals surface area contributed by atoms with Crippen molar-refractivity contribution in [2.45, 2.75) is 5.92 Å². The first-order valence-corrected chi connectivity index (χ1v) is 5.22. The van der Waals surface area contributed by atoms with Crippen LogP contribution in [0.1, 0.15) is 17.0 Å². The first-order chi connectivity index (χ1) is 7.42. The fourth-order valence-corrected chi connectivity index (χ4v) is 2.45. The Morgan fingerprint density at radius 2 is 1.25 bits per heavy atom. The van der Waals surface area contributed by atoms with Gasteiger partial charge in [-0.2, -0.15) is 0 Å². The molecule has 0 saturated carbocycles. The first-order valence-electron chi connectivity index (χ1n) is 5.22. The van der Waals surface area contributed by atoms with Gasteiger partial charge in [-0.25, -0.2) is 0 Å². The molecule has 0 radical (unpaired) electrons. The molecule has 0 unspecified atom stereocenters. The minimum absolute atomic E-state index is 0. The van der Waals surface area contributed by atoms with Crippen LogP contribution in [-0.4, -0.2) is 26.6 Å². The van der Waals surface area contributed by atoms with Crippen molar-refractivity contribution < 1.29 is 0 Å². The summed E-state index contributed by atoms with van der Waals surface area (Å²) >= 11 is 0. The van der Waals surface area contributed by atoms with E-state index in [4.69, 9.17) is 0 Å². The van der Waals surface area contributed by atoms with E-state index in [9.17, 15) is 0 Å². The van der Waals surface area contributed by atoms with E-state index in [2.05, 4.69) is 55.1 Å². The summed E-state index contributed by atoms with van der Waals surface area (Å²) in [5.41, 5.74) is 5.48. The minimum atomic E-state index is 0. The van der Waals surface area contributed by atoms with E-state index in [0.29, 0.717) is 5.92 Å². The molecule has 0 fully saturated rings. The maximum atomic E-state index is 3.94. The third-order valence-electron chi connectivity index (χ3n) is 3.12. The van der Waals surface area contributed by atoms with E-state index in [1.54, 1.807) is 0 Å². The summed E-state index contributed by atoms with van der Waals surface area (Å²) < 4.78 is 0. The van der Waals surface area contributed by atoms with Crippen molar-refractivity contribution in [1.29, 1.82) is 0 Å². The molecule has 0 atom stereocenters. The summed E-state index contributed by atoms with van der Waals surface area (Å²) in [7, 11) is 0. The van der Waals surface area contributed by atoms with Crippen LogP contribution in [0.2, 0.25) is 0 Å². The van der Waals surface area contributed by atoms with Crippen molar-refractivity contribution in [3.8, 4) is 11.1 Å². The molecule has 0 saturated heterocycles. The molecule has 3 rings (SSSR count). The van der Waals surface area contributed by atoms with Crippen LogP contribution in [0, 0.1) is 0 Å². The summed E-state index contributed by atoms with van der Waals surface area (Å²) in [6, 6.07) is 17.2. The molecule has 2 aromatic rings. The number of hydrogen-bond donors (Lipinski definition) is 0. The summed E-state index contributed by atoms with van der Waals surface area (Å²) in [5.74, 6) is 0.373. The first kappa shape index (κ1) is 11.6. The van der Waals surface area contributed by atoms with Crippen molar-refractivity contribution in [2.75, 3.05) is 0 Å². The molecular formula is C15H14Po. The zero-order valence-corrected chi connectivity index (χ0v) is 12.9. The van der Waals surface area contributed by atoms with E-state index in [1.807, 2.05) is 6.08 Å². The zero-order valence-electron chi connectivity index (χ0n) is 8.98. The Morgan fingerprint density at radius 1 is 0.812 bits per heavy atom. The van der Waals surface area contributed by atoms with E-state index in [-0.39, 0.29) is 26.6 Å². The van der Waals surface area contributed by atoms with Gasteiger partial charge in [-0.05, 0) is 22.3 Å². The molecule has 16 heavy (non-hydrogen) atoms. The van der Waals surface area contributed by atoms with Gasteiger partial charge in [0, 0.05) is 5.92 Å². The van der Waals surface area contributed by atoms with E-state index in [0.717, 1.165) is 0 Å². The molecule has 0 nitrogen and oxygen atoms in total. The van der Waals surface area contributed by atoms with Gasteiger partial charge in [0.05, 0.1) is 0 Å². The van der Waals surface area contributed by atoms with Crippen LogP contribution in [0.15, 0.2) is 61.2 Å². The third kappa shape index (κ3) is 1.55. The predicted octanol–water partition coefficient (Wildman–Crippen LogP) is 3.07. The topological polar surface area (TPSA) is 0 Å². The molecule has 80 valence electrons. The predicted molar refractivity (Wildman–Crippen MR) is 72.5 cm³/mol. The molecule has 2 aromatic carbocycles. The van der Waals surface area contributed by atoms with Gasteiger partial charge in [-0.15, -0.1) is 6.58 Å². The van der Waals surface area contributed by atoms with Crippen LogP contribution in [0.3, 0.4) is 0 Å². The maximum absolute atomic E-state index is 3.94. The third-order valence-corrected chi connectivity index (χ3v) is 3.12. The Hall–Kier alpha value is -0.924. The fourth-order valence-electron chi connectivity index (χ4n) is 2.45. The molecule has 0 N–H and O–H groups in total. The van der Waals surface area contributed by atoms with Gasteiger partial charge in [0.1, 0.15) is 0 Å². The monoisotopic (exact) mass is 403 g/mol. The van der Waals surface area contributed by atoms with E-state index in [1.165, 1.54) is 22.3 Å². The number of rotatable bonds is 1. The van der Waals surface area contributed by atoms with Crippen LogP contribution < -0.4 is 0 Å². The van der Waals surface area contributed by atoms with Crippen LogP contribution in [0.25, 0.3) is 11.1 Å². The average Bonchev–Trinajstić information content (AvgIpc) is 2.63. The molecule has 0 aromatic heterocycles. The number of fused-ring (bicyclic) bond motifs is 3. The summed E-state index contributed by atoms with van der Waals surface area (Å²) in [5, 5.41) is 0. The van der Waals surface area contributed by atoms with Gasteiger partial charge in [-0.3, -0.25) is 0 Å². The Balaban J connectivity index is 0.000000963. The molecule has 1 heteroatoms. The molecule has 1 aliphatic carbocycles. The Labute approximate surface area is 115 Å². The number of benzene rings is 2. The number of hydrogen-bond acceptors (Lipinski definition) is 0. The molecule has 1 aliphatic rings. The van der Waals surface area contributed by atoms with Crippen LogP contribution >= 0.6 is 0 Å². The Morgan fingerprint density at radius 3 is 1.69 bits per heavy atom. The quantitative estimate of drug-likeness (QED) is 0.643. The van der Waals surface area contributed by atoms with E-state index >= 15 is 0 Å². The van der Waals surface area contributed by atoms with Crippen molar-refractivity contribution in [3.63, 3.8) is 0 Å². The standard InChI is InChI=1S/C15H12.Po.2H/c1-2-11-12-7-3-5-9-14(12)15-10-6-4-8-13(11)15;;;/h2-11H,1H2;;;.